The molecule has 0 atom stereocenters. The Kier molecular flexibility index (Phi) is 7.05. The van der Waals surface area contributed by atoms with Gasteiger partial charge in [0.25, 0.3) is 0 Å². The van der Waals surface area contributed by atoms with Crippen LogP contribution >= 0.6 is 12.2 Å². The predicted molar refractivity (Wildman–Crippen MR) is 123 cm³/mol. The van der Waals surface area contributed by atoms with Crippen molar-refractivity contribution in [3.8, 4) is 0 Å². The number of rotatable bonds is 5. The van der Waals surface area contributed by atoms with Crippen molar-refractivity contribution in [3.63, 3.8) is 0 Å². The minimum Gasteiger partial charge on any atom is -0.358 e. The largest absolute Gasteiger partial charge is 0.358 e. The first-order valence-corrected chi connectivity index (χ1v) is 10.3. The zero-order valence-electron chi connectivity index (χ0n) is 17.8. The van der Waals surface area contributed by atoms with Gasteiger partial charge in [-0.1, -0.05) is 70.2 Å². The molecule has 27 heavy (non-hydrogen) atoms. The molecule has 0 saturated heterocycles. The molecule has 0 amide bonds. The normalized spacial score (nSPS) is 11.7. The van der Waals surface area contributed by atoms with E-state index in [4.69, 9.17) is 12.2 Å². The highest BCUT2D eigenvalue weighted by atomic mass is 32.1. The van der Waals surface area contributed by atoms with Crippen LogP contribution in [0.3, 0.4) is 0 Å². The first-order chi connectivity index (χ1) is 12.6. The molecule has 0 aliphatic heterocycles. The molecular weight excluding hydrogens is 348 g/mol. The van der Waals surface area contributed by atoms with Gasteiger partial charge in [-0.3, -0.25) is 0 Å². The van der Waals surface area contributed by atoms with Crippen LogP contribution in [0.4, 0.5) is 5.69 Å². The van der Waals surface area contributed by atoms with Crippen LogP contribution in [0.15, 0.2) is 42.5 Å². The highest BCUT2D eigenvalue weighted by Gasteiger charge is 2.19. The van der Waals surface area contributed by atoms with Crippen LogP contribution in [0, 0.1) is 0 Å². The molecule has 2 nitrogen and oxygen atoms in total. The average Bonchev–Trinajstić information content (AvgIpc) is 2.54. The lowest BCUT2D eigenvalue weighted by molar-refractivity contribution is 0.515. The van der Waals surface area contributed by atoms with Gasteiger partial charge in [0.15, 0.2) is 5.11 Å². The molecule has 146 valence electrons. The van der Waals surface area contributed by atoms with E-state index in [9.17, 15) is 0 Å². The Morgan fingerprint density at radius 2 is 1.41 bits per heavy atom. The predicted octanol–water partition coefficient (Wildman–Crippen LogP) is 6.61. The second-order valence-electron chi connectivity index (χ2n) is 8.95. The zero-order valence-corrected chi connectivity index (χ0v) is 18.6. The lowest BCUT2D eigenvalue weighted by Gasteiger charge is -2.27. The van der Waals surface area contributed by atoms with E-state index >= 15 is 0 Å². The summed E-state index contributed by atoms with van der Waals surface area (Å²) in [6.45, 7) is 15.4. The Morgan fingerprint density at radius 1 is 0.889 bits per heavy atom. The van der Waals surface area contributed by atoms with E-state index in [0.29, 0.717) is 16.9 Å². The highest BCUT2D eigenvalue weighted by Crippen LogP contribution is 2.34. The topological polar surface area (TPSA) is 24.1 Å². The Hall–Kier alpha value is -1.87. The number of thiocarbonyl (C=S) groups is 1. The van der Waals surface area contributed by atoms with Gasteiger partial charge in [0, 0.05) is 11.2 Å². The lowest BCUT2D eigenvalue weighted by Crippen LogP contribution is -2.43. The second kappa shape index (κ2) is 8.88. The minimum absolute atomic E-state index is 0.0622. The van der Waals surface area contributed by atoms with Crippen LogP contribution in [0.2, 0.25) is 0 Å². The number of hydrogen-bond donors (Lipinski definition) is 2. The molecule has 0 radical (unpaired) electrons. The molecule has 0 bridgehead atoms. The summed E-state index contributed by atoms with van der Waals surface area (Å²) in [5, 5.41) is 7.57. The Balaban J connectivity index is 2.44. The number of hydrogen-bond acceptors (Lipinski definition) is 1. The summed E-state index contributed by atoms with van der Waals surface area (Å²) in [7, 11) is 0. The third-order valence-corrected chi connectivity index (χ3v) is 4.69. The zero-order chi connectivity index (χ0) is 20.2. The summed E-state index contributed by atoms with van der Waals surface area (Å²) in [5.74, 6) is 0.830. The Bertz CT molecular complexity index is 742. The van der Waals surface area contributed by atoms with E-state index in [1.54, 1.807) is 0 Å². The van der Waals surface area contributed by atoms with Gasteiger partial charge in [-0.2, -0.15) is 0 Å². The third-order valence-electron chi connectivity index (χ3n) is 4.48. The molecule has 0 aromatic heterocycles. The smallest absolute Gasteiger partial charge is 0.171 e. The van der Waals surface area contributed by atoms with Gasteiger partial charge in [0.1, 0.15) is 0 Å². The van der Waals surface area contributed by atoms with Gasteiger partial charge < -0.3 is 10.6 Å². The van der Waals surface area contributed by atoms with Gasteiger partial charge in [0.2, 0.25) is 0 Å². The van der Waals surface area contributed by atoms with Crippen LogP contribution in [0.1, 0.15) is 82.6 Å². The number of nitrogens with one attached hydrogen (secondary N) is 2. The minimum atomic E-state index is -0.0622. The SMILES string of the molecule is CC(C)c1cc(Cc2ccccc2)cc(C(C)C)c1NC(=S)NC(C)(C)C. The fraction of sp³-hybridized carbons (Fsp3) is 0.458. The first-order valence-electron chi connectivity index (χ1n) is 9.86. The first kappa shape index (κ1) is 21.4. The van der Waals surface area contributed by atoms with Crippen molar-refractivity contribution in [2.24, 2.45) is 0 Å². The maximum Gasteiger partial charge on any atom is 0.171 e. The monoisotopic (exact) mass is 382 g/mol. The fourth-order valence-electron chi connectivity index (χ4n) is 3.23. The lowest BCUT2D eigenvalue weighted by atomic mass is 9.88. The van der Waals surface area contributed by atoms with E-state index < -0.39 is 0 Å². The maximum atomic E-state index is 5.59. The van der Waals surface area contributed by atoms with Crippen LogP contribution < -0.4 is 10.6 Å². The molecule has 2 aromatic carbocycles. The summed E-state index contributed by atoms with van der Waals surface area (Å²) < 4.78 is 0. The molecule has 0 spiro atoms. The van der Waals surface area contributed by atoms with Crippen molar-refractivity contribution in [3.05, 3.63) is 64.7 Å². The van der Waals surface area contributed by atoms with E-state index in [0.717, 1.165) is 6.42 Å². The van der Waals surface area contributed by atoms with Crippen molar-refractivity contribution in [2.45, 2.75) is 72.3 Å². The number of benzene rings is 2. The van der Waals surface area contributed by atoms with E-state index in [1.165, 1.54) is 27.9 Å². The van der Waals surface area contributed by atoms with E-state index in [-0.39, 0.29) is 5.54 Å². The average molecular weight is 383 g/mol. The van der Waals surface area contributed by atoms with Crippen LogP contribution in [-0.4, -0.2) is 10.7 Å². The quantitative estimate of drug-likeness (QED) is 0.569. The van der Waals surface area contributed by atoms with Gasteiger partial charge in [-0.15, -0.1) is 0 Å². The standard InChI is InChI=1S/C24H34N2S/c1-16(2)20-14-19(13-18-11-9-8-10-12-18)15-21(17(3)4)22(20)25-23(27)26-24(5,6)7/h8-12,14-17H,13H2,1-7H3,(H2,25,26,27). The van der Waals surface area contributed by atoms with Crippen molar-refractivity contribution >= 4 is 23.0 Å². The Morgan fingerprint density at radius 3 is 1.85 bits per heavy atom. The Labute approximate surface area is 170 Å². The summed E-state index contributed by atoms with van der Waals surface area (Å²) in [4.78, 5) is 0. The molecule has 2 rings (SSSR count). The molecule has 0 fully saturated rings. The third kappa shape index (κ3) is 6.35. The molecule has 0 unspecified atom stereocenters. The number of anilines is 1. The summed E-state index contributed by atoms with van der Waals surface area (Å²) in [6, 6.07) is 15.3. The van der Waals surface area contributed by atoms with Gasteiger partial charge >= 0.3 is 0 Å². The highest BCUT2D eigenvalue weighted by molar-refractivity contribution is 7.80. The molecule has 0 aliphatic rings. The van der Waals surface area contributed by atoms with Crippen molar-refractivity contribution in [1.29, 1.82) is 0 Å². The van der Waals surface area contributed by atoms with Crippen LogP contribution in [0.5, 0.6) is 0 Å². The molecular formula is C24H34N2S. The van der Waals surface area contributed by atoms with Crippen molar-refractivity contribution in [2.75, 3.05) is 5.32 Å². The van der Waals surface area contributed by atoms with E-state index in [1.807, 2.05) is 0 Å². The summed E-state index contributed by atoms with van der Waals surface area (Å²) >= 11 is 5.59. The molecule has 3 heteroatoms. The maximum absolute atomic E-state index is 5.59. The second-order valence-corrected chi connectivity index (χ2v) is 9.36. The van der Waals surface area contributed by atoms with Crippen molar-refractivity contribution < 1.29 is 0 Å². The molecule has 2 N–H and O–H groups in total. The van der Waals surface area contributed by atoms with Crippen molar-refractivity contribution in [1.82, 2.24) is 5.32 Å². The van der Waals surface area contributed by atoms with E-state index in [2.05, 4.69) is 102 Å². The molecule has 0 saturated carbocycles. The molecule has 2 aromatic rings. The molecule has 0 aliphatic carbocycles. The fourth-order valence-corrected chi connectivity index (χ4v) is 3.63. The van der Waals surface area contributed by atoms with Gasteiger partial charge in [-0.05, 0) is 73.5 Å². The van der Waals surface area contributed by atoms with Gasteiger partial charge in [-0.25, -0.2) is 0 Å². The summed E-state index contributed by atoms with van der Waals surface area (Å²) in [6.07, 6.45) is 0.950. The summed E-state index contributed by atoms with van der Waals surface area (Å²) in [5.41, 5.74) is 6.45. The van der Waals surface area contributed by atoms with Crippen LogP contribution in [-0.2, 0) is 6.42 Å². The van der Waals surface area contributed by atoms with Gasteiger partial charge in [0.05, 0.1) is 0 Å². The van der Waals surface area contributed by atoms with Crippen LogP contribution in [0.25, 0.3) is 0 Å². The molecule has 0 heterocycles.